The maximum absolute atomic E-state index is 4.82. The molecule has 4 heteroatoms. The quantitative estimate of drug-likeness (QED) is 0.452. The Labute approximate surface area is 89.6 Å². The number of halogens is 1. The van der Waals surface area contributed by atoms with Crippen LogP contribution in [0.15, 0.2) is 0 Å². The molecule has 0 atom stereocenters. The molecule has 1 aliphatic heterocycles. The first-order chi connectivity index (χ1) is 3.89. The van der Waals surface area contributed by atoms with Crippen LogP contribution in [0, 0.1) is 13.8 Å². The first-order valence-corrected chi connectivity index (χ1v) is 2.66. The minimum Gasteiger partial charge on any atom is -0.381 e. The van der Waals surface area contributed by atoms with Gasteiger partial charge in [0.2, 0.25) is 0 Å². The summed E-state index contributed by atoms with van der Waals surface area (Å²) in [4.78, 5) is 0. The summed E-state index contributed by atoms with van der Waals surface area (Å²) < 4.78 is 9.64. The maximum Gasteiger partial charge on any atom is 2.00 e. The van der Waals surface area contributed by atoms with Crippen molar-refractivity contribution in [3.05, 3.63) is 13.8 Å². The van der Waals surface area contributed by atoms with E-state index in [1.54, 1.807) is 6.92 Å². The molecule has 0 bridgehead atoms. The summed E-state index contributed by atoms with van der Waals surface area (Å²) in [7, 11) is 0. The molecule has 0 amide bonds. The van der Waals surface area contributed by atoms with Gasteiger partial charge in [-0.25, -0.2) is 0 Å². The second kappa shape index (κ2) is 12.8. The van der Waals surface area contributed by atoms with E-state index in [-0.39, 0.29) is 46.3 Å². The van der Waals surface area contributed by atoms with Gasteiger partial charge in [-0.05, 0) is 0 Å². The zero-order valence-corrected chi connectivity index (χ0v) is 9.46. The second-order valence-electron chi connectivity index (χ2n) is 1.17. The normalized spacial score (nSPS) is 15.9. The summed E-state index contributed by atoms with van der Waals surface area (Å²) in [6, 6.07) is 0. The average molecular weight is 221 g/mol. The topological polar surface area (TPSA) is 18.5 Å². The van der Waals surface area contributed by atoms with E-state index >= 15 is 0 Å². The summed E-state index contributed by atoms with van der Waals surface area (Å²) >= 11 is 0. The number of hydrogen-bond donors (Lipinski definition) is 0. The third-order valence-corrected chi connectivity index (χ3v) is 0.691. The summed E-state index contributed by atoms with van der Waals surface area (Å²) in [5.74, 6) is 0. The van der Waals surface area contributed by atoms with Gasteiger partial charge in [-0.1, -0.05) is 0 Å². The molecule has 0 saturated carbocycles. The van der Waals surface area contributed by atoms with Crippen LogP contribution in [-0.4, -0.2) is 42.6 Å². The molecule has 1 aliphatic rings. The minimum absolute atomic E-state index is 0. The largest absolute Gasteiger partial charge is 2.00 e. The summed E-state index contributed by atoms with van der Waals surface area (Å²) in [5, 5.41) is 0. The molecule has 0 N–H and O–H groups in total. The molecule has 0 radical (unpaired) electrons. The van der Waals surface area contributed by atoms with E-state index in [9.17, 15) is 0 Å². The fourth-order valence-electron chi connectivity index (χ4n) is 0.407. The zero-order chi connectivity index (χ0) is 6.41. The summed E-state index contributed by atoms with van der Waals surface area (Å²) in [6.07, 6.45) is -0.204. The van der Waals surface area contributed by atoms with Gasteiger partial charge in [0, 0.05) is 6.29 Å². The Bertz CT molecular complexity index is 49.0. The predicted molar refractivity (Wildman–Crippen MR) is 48.2 cm³/mol. The molecule has 2 nitrogen and oxygen atoms in total. The Hall–Kier alpha value is 1.17. The van der Waals surface area contributed by atoms with Crippen LogP contribution in [0.25, 0.3) is 0 Å². The molecule has 0 aromatic carbocycles. The van der Waals surface area contributed by atoms with Gasteiger partial charge in [-0.15, -0.1) is 17.0 Å². The molecule has 0 unspecified atom stereocenters. The van der Waals surface area contributed by atoms with Crippen LogP contribution in [-0.2, 0) is 9.47 Å². The van der Waals surface area contributed by atoms with E-state index in [4.69, 9.17) is 9.47 Å². The molecular weight excluding hydrogens is 208 g/mol. The van der Waals surface area contributed by atoms with Gasteiger partial charge in [-0.3, -0.25) is 6.92 Å². The van der Waals surface area contributed by atoms with Crippen LogP contribution >= 0.6 is 17.0 Å². The predicted octanol–water partition coefficient (Wildman–Crippen LogP) is 1.23. The molecule has 0 spiro atoms. The van der Waals surface area contributed by atoms with Gasteiger partial charge < -0.3 is 16.4 Å². The van der Waals surface area contributed by atoms with Gasteiger partial charge in [0.1, 0.15) is 0 Å². The molecule has 1 fully saturated rings. The van der Waals surface area contributed by atoms with Crippen molar-refractivity contribution in [2.24, 2.45) is 0 Å². The monoisotopic (exact) mass is 220 g/mol. The molecule has 58 valence electrons. The third-order valence-electron chi connectivity index (χ3n) is 0.691. The Balaban J connectivity index is -0.000000114. The number of hydrogen-bond acceptors (Lipinski definition) is 2. The van der Waals surface area contributed by atoms with E-state index in [0.29, 0.717) is 13.2 Å². The van der Waals surface area contributed by atoms with Gasteiger partial charge in [0.05, 0.1) is 13.2 Å². The standard InChI is InChI=1S/C4H7O2.C2H5.BrH.Mg/c1-4-5-2-3-6-4;1-2;;/h4H,1-3H2;1H2,2H3;1H;/q2*-1;;+2. The fraction of sp³-hybridized carbons (Fsp3) is 0.667. The van der Waals surface area contributed by atoms with E-state index in [1.165, 1.54) is 0 Å². The molecular formula is C6H13BrMgO2. The molecule has 10 heavy (non-hydrogen) atoms. The Morgan fingerprint density at radius 1 is 1.20 bits per heavy atom. The third kappa shape index (κ3) is 9.17. The van der Waals surface area contributed by atoms with Crippen molar-refractivity contribution < 1.29 is 9.47 Å². The van der Waals surface area contributed by atoms with Crippen molar-refractivity contribution in [1.29, 1.82) is 0 Å². The maximum atomic E-state index is 4.82. The molecule has 0 aromatic rings. The van der Waals surface area contributed by atoms with Gasteiger partial charge in [0.25, 0.3) is 0 Å². The molecule has 1 heterocycles. The van der Waals surface area contributed by atoms with E-state index in [1.807, 2.05) is 0 Å². The van der Waals surface area contributed by atoms with Crippen molar-refractivity contribution in [1.82, 2.24) is 0 Å². The van der Waals surface area contributed by atoms with Crippen molar-refractivity contribution in [3.8, 4) is 0 Å². The van der Waals surface area contributed by atoms with E-state index in [0.717, 1.165) is 0 Å². The van der Waals surface area contributed by atoms with Gasteiger partial charge in [-0.2, -0.15) is 6.92 Å². The Morgan fingerprint density at radius 3 is 1.60 bits per heavy atom. The second-order valence-corrected chi connectivity index (χ2v) is 1.17. The zero-order valence-electron chi connectivity index (χ0n) is 6.34. The molecule has 0 aromatic heterocycles. The molecule has 1 saturated heterocycles. The van der Waals surface area contributed by atoms with Crippen molar-refractivity contribution in [2.45, 2.75) is 13.2 Å². The Kier molecular flexibility index (Phi) is 22.2. The fourth-order valence-corrected chi connectivity index (χ4v) is 0.407. The van der Waals surface area contributed by atoms with Gasteiger partial charge >= 0.3 is 23.1 Å². The summed E-state index contributed by atoms with van der Waals surface area (Å²) in [6.45, 7) is 9.90. The number of ether oxygens (including phenoxy) is 2. The first kappa shape index (κ1) is 17.3. The van der Waals surface area contributed by atoms with E-state index < -0.39 is 0 Å². The van der Waals surface area contributed by atoms with Gasteiger partial charge in [0.15, 0.2) is 0 Å². The number of rotatable bonds is 0. The Morgan fingerprint density at radius 2 is 1.50 bits per heavy atom. The van der Waals surface area contributed by atoms with Crippen LogP contribution in [0.5, 0.6) is 0 Å². The van der Waals surface area contributed by atoms with E-state index in [2.05, 4.69) is 13.8 Å². The smallest absolute Gasteiger partial charge is 0.381 e. The van der Waals surface area contributed by atoms with Crippen LogP contribution < -0.4 is 0 Å². The molecule has 0 aliphatic carbocycles. The van der Waals surface area contributed by atoms with Crippen molar-refractivity contribution >= 4 is 40.0 Å². The van der Waals surface area contributed by atoms with Crippen molar-refractivity contribution in [2.75, 3.05) is 13.2 Å². The first-order valence-electron chi connectivity index (χ1n) is 2.66. The van der Waals surface area contributed by atoms with Crippen LogP contribution in [0.4, 0.5) is 0 Å². The molecule has 1 rings (SSSR count). The minimum atomic E-state index is -0.204. The van der Waals surface area contributed by atoms with Crippen molar-refractivity contribution in [3.63, 3.8) is 0 Å². The SMILES string of the molecule is Br.[CH2-]C.[CH2-]C1OCCO1.[Mg+2]. The summed E-state index contributed by atoms with van der Waals surface area (Å²) in [5.41, 5.74) is 0. The van der Waals surface area contributed by atoms with Crippen LogP contribution in [0.2, 0.25) is 0 Å². The van der Waals surface area contributed by atoms with Crippen LogP contribution in [0.1, 0.15) is 6.92 Å². The van der Waals surface area contributed by atoms with Crippen LogP contribution in [0.3, 0.4) is 0 Å². The average Bonchev–Trinajstić information content (AvgIpc) is 2.24.